The topological polar surface area (TPSA) is 90.0 Å². The molecule has 2 aliphatic heterocycles. The van der Waals surface area contributed by atoms with E-state index in [9.17, 15) is 19.5 Å². The van der Waals surface area contributed by atoms with Crippen LogP contribution in [0.1, 0.15) is 31.2 Å². The number of phenols is 1. The summed E-state index contributed by atoms with van der Waals surface area (Å²) in [6, 6.07) is 5.75. The highest BCUT2D eigenvalue weighted by atomic mass is 16.3. The molecule has 1 aromatic carbocycles. The zero-order valence-corrected chi connectivity index (χ0v) is 13.9. The van der Waals surface area contributed by atoms with E-state index in [-0.39, 0.29) is 23.9 Å². The lowest BCUT2D eigenvalue weighted by molar-refractivity contribution is -0.135. The first-order valence-electron chi connectivity index (χ1n) is 8.46. The standard InChI is InChI=1S/C18H21N3O4/c22-14-7-5-6-13(10-14)11-15-17(24)21(18(25)19-15)12-16(23)20-8-3-1-2-4-9-20/h5-7,10-11,22H,1-4,8-9,12H2,(H,19,25)/b15-11-. The van der Waals surface area contributed by atoms with Gasteiger partial charge in [0.25, 0.3) is 5.91 Å². The van der Waals surface area contributed by atoms with Gasteiger partial charge in [0.15, 0.2) is 0 Å². The molecule has 2 aliphatic rings. The summed E-state index contributed by atoms with van der Waals surface area (Å²) in [5.74, 6) is -0.667. The molecule has 2 saturated heterocycles. The minimum Gasteiger partial charge on any atom is -0.508 e. The summed E-state index contributed by atoms with van der Waals surface area (Å²) in [4.78, 5) is 39.6. The van der Waals surface area contributed by atoms with Crippen molar-refractivity contribution in [1.29, 1.82) is 0 Å². The number of likely N-dealkylation sites (tertiary alicyclic amines) is 1. The fourth-order valence-corrected chi connectivity index (χ4v) is 3.05. The highest BCUT2D eigenvalue weighted by Crippen LogP contribution is 2.18. The minimum atomic E-state index is -0.598. The van der Waals surface area contributed by atoms with Gasteiger partial charge in [-0.2, -0.15) is 0 Å². The number of carbonyl (C=O) groups excluding carboxylic acids is 3. The molecule has 25 heavy (non-hydrogen) atoms. The highest BCUT2D eigenvalue weighted by molar-refractivity contribution is 6.15. The molecule has 0 bridgehead atoms. The molecule has 0 saturated carbocycles. The van der Waals surface area contributed by atoms with E-state index >= 15 is 0 Å². The Morgan fingerprint density at radius 1 is 1.16 bits per heavy atom. The summed E-state index contributed by atoms with van der Waals surface area (Å²) >= 11 is 0. The summed E-state index contributed by atoms with van der Waals surface area (Å²) in [5, 5.41) is 12.0. The Labute approximate surface area is 145 Å². The number of nitrogens with one attached hydrogen (secondary N) is 1. The van der Waals surface area contributed by atoms with Crippen LogP contribution in [0.4, 0.5) is 4.79 Å². The predicted molar refractivity (Wildman–Crippen MR) is 91.4 cm³/mol. The molecule has 2 fully saturated rings. The molecular formula is C18H21N3O4. The Morgan fingerprint density at radius 3 is 2.56 bits per heavy atom. The Morgan fingerprint density at radius 2 is 1.88 bits per heavy atom. The molecule has 0 atom stereocenters. The molecule has 4 amide bonds. The van der Waals surface area contributed by atoms with Gasteiger partial charge in [0.1, 0.15) is 18.0 Å². The zero-order chi connectivity index (χ0) is 17.8. The zero-order valence-electron chi connectivity index (χ0n) is 13.9. The minimum absolute atomic E-state index is 0.0688. The molecule has 3 rings (SSSR count). The van der Waals surface area contributed by atoms with Crippen LogP contribution in [0.15, 0.2) is 30.0 Å². The normalized spacial score (nSPS) is 19.9. The molecule has 0 spiro atoms. The van der Waals surface area contributed by atoms with Crippen molar-refractivity contribution in [2.45, 2.75) is 25.7 Å². The van der Waals surface area contributed by atoms with Crippen LogP contribution in [0.25, 0.3) is 6.08 Å². The molecular weight excluding hydrogens is 322 g/mol. The number of hydrogen-bond acceptors (Lipinski definition) is 4. The molecule has 0 aromatic heterocycles. The van der Waals surface area contributed by atoms with E-state index in [1.807, 2.05) is 0 Å². The number of nitrogens with zero attached hydrogens (tertiary/aromatic N) is 2. The van der Waals surface area contributed by atoms with Gasteiger partial charge in [0.2, 0.25) is 5.91 Å². The third-order valence-electron chi connectivity index (χ3n) is 4.40. The van der Waals surface area contributed by atoms with Gasteiger partial charge in [0.05, 0.1) is 0 Å². The average molecular weight is 343 g/mol. The summed E-state index contributed by atoms with van der Waals surface area (Å²) < 4.78 is 0. The molecule has 0 unspecified atom stereocenters. The maximum Gasteiger partial charge on any atom is 0.329 e. The summed E-state index contributed by atoms with van der Waals surface area (Å²) in [5.41, 5.74) is 0.684. The van der Waals surface area contributed by atoms with E-state index in [0.717, 1.165) is 30.6 Å². The van der Waals surface area contributed by atoms with Gasteiger partial charge < -0.3 is 15.3 Å². The second kappa shape index (κ2) is 7.38. The van der Waals surface area contributed by atoms with Crippen LogP contribution in [0.3, 0.4) is 0 Å². The van der Waals surface area contributed by atoms with Gasteiger partial charge in [0, 0.05) is 13.1 Å². The van der Waals surface area contributed by atoms with Crippen molar-refractivity contribution in [2.75, 3.05) is 19.6 Å². The van der Waals surface area contributed by atoms with Crippen LogP contribution in [0.5, 0.6) is 5.75 Å². The lowest BCUT2D eigenvalue weighted by atomic mass is 10.2. The van der Waals surface area contributed by atoms with E-state index in [2.05, 4.69) is 5.32 Å². The molecule has 132 valence electrons. The van der Waals surface area contributed by atoms with Gasteiger partial charge >= 0.3 is 6.03 Å². The molecule has 7 heteroatoms. The van der Waals surface area contributed by atoms with Crippen molar-refractivity contribution in [2.24, 2.45) is 0 Å². The Bertz CT molecular complexity index is 721. The lowest BCUT2D eigenvalue weighted by Gasteiger charge is -2.22. The number of benzene rings is 1. The Hall–Kier alpha value is -2.83. The van der Waals surface area contributed by atoms with Crippen LogP contribution in [-0.4, -0.2) is 52.4 Å². The van der Waals surface area contributed by atoms with Crippen LogP contribution in [-0.2, 0) is 9.59 Å². The third kappa shape index (κ3) is 3.99. The number of carbonyl (C=O) groups is 3. The second-order valence-corrected chi connectivity index (χ2v) is 6.27. The van der Waals surface area contributed by atoms with Crippen molar-refractivity contribution in [1.82, 2.24) is 15.1 Å². The SMILES string of the molecule is O=C(CN1C(=O)N/C(=C\c2cccc(O)c2)C1=O)N1CCCCCC1. The molecule has 2 heterocycles. The van der Waals surface area contributed by atoms with Gasteiger partial charge in [-0.15, -0.1) is 0 Å². The fraction of sp³-hybridized carbons (Fsp3) is 0.389. The number of phenolic OH excluding ortho intramolecular Hbond substituents is 1. The van der Waals surface area contributed by atoms with Crippen LogP contribution in [0, 0.1) is 0 Å². The highest BCUT2D eigenvalue weighted by Gasteiger charge is 2.35. The van der Waals surface area contributed by atoms with E-state index in [1.54, 1.807) is 17.0 Å². The summed E-state index contributed by atoms with van der Waals surface area (Å²) in [6.07, 6.45) is 5.59. The first-order valence-corrected chi connectivity index (χ1v) is 8.46. The molecule has 0 aliphatic carbocycles. The smallest absolute Gasteiger partial charge is 0.329 e. The second-order valence-electron chi connectivity index (χ2n) is 6.27. The van der Waals surface area contributed by atoms with Crippen LogP contribution < -0.4 is 5.32 Å². The van der Waals surface area contributed by atoms with Gasteiger partial charge in [-0.3, -0.25) is 9.59 Å². The predicted octanol–water partition coefficient (Wildman–Crippen LogP) is 1.69. The number of aromatic hydroxyl groups is 1. The van der Waals surface area contributed by atoms with Gasteiger partial charge in [-0.25, -0.2) is 9.69 Å². The van der Waals surface area contributed by atoms with Crippen molar-refractivity contribution < 1.29 is 19.5 Å². The first-order chi connectivity index (χ1) is 12.0. The number of amides is 4. The summed E-state index contributed by atoms with van der Waals surface area (Å²) in [7, 11) is 0. The maximum absolute atomic E-state index is 12.4. The van der Waals surface area contributed by atoms with E-state index in [1.165, 1.54) is 18.2 Å². The summed E-state index contributed by atoms with van der Waals surface area (Å²) in [6.45, 7) is 1.10. The Kier molecular flexibility index (Phi) is 5.02. The van der Waals surface area contributed by atoms with Crippen LogP contribution >= 0.6 is 0 Å². The Balaban J connectivity index is 1.69. The number of urea groups is 1. The third-order valence-corrected chi connectivity index (χ3v) is 4.40. The van der Waals surface area contributed by atoms with Gasteiger partial charge in [-0.1, -0.05) is 25.0 Å². The largest absolute Gasteiger partial charge is 0.508 e. The molecule has 7 nitrogen and oxygen atoms in total. The first kappa shape index (κ1) is 17.0. The average Bonchev–Trinajstić information content (AvgIpc) is 2.79. The van der Waals surface area contributed by atoms with Crippen molar-refractivity contribution in [3.05, 3.63) is 35.5 Å². The molecule has 2 N–H and O–H groups in total. The quantitative estimate of drug-likeness (QED) is 0.645. The van der Waals surface area contributed by atoms with E-state index in [0.29, 0.717) is 18.7 Å². The number of imide groups is 1. The molecule has 0 radical (unpaired) electrons. The number of hydrogen-bond donors (Lipinski definition) is 2. The van der Waals surface area contributed by atoms with Gasteiger partial charge in [-0.05, 0) is 36.6 Å². The van der Waals surface area contributed by atoms with Crippen molar-refractivity contribution in [3.63, 3.8) is 0 Å². The maximum atomic E-state index is 12.4. The fourth-order valence-electron chi connectivity index (χ4n) is 3.05. The van der Waals surface area contributed by atoms with Crippen molar-refractivity contribution in [3.8, 4) is 5.75 Å². The monoisotopic (exact) mass is 343 g/mol. The van der Waals surface area contributed by atoms with Crippen LogP contribution in [0.2, 0.25) is 0 Å². The lowest BCUT2D eigenvalue weighted by Crippen LogP contribution is -2.43. The molecule has 1 aromatic rings. The van der Waals surface area contributed by atoms with Crippen molar-refractivity contribution >= 4 is 23.9 Å². The van der Waals surface area contributed by atoms with E-state index < -0.39 is 11.9 Å². The van der Waals surface area contributed by atoms with E-state index in [4.69, 9.17) is 0 Å². The number of rotatable bonds is 3.